The van der Waals surface area contributed by atoms with Crippen LogP contribution < -0.4 is 4.74 Å². The van der Waals surface area contributed by atoms with Gasteiger partial charge in [-0.3, -0.25) is 0 Å². The van der Waals surface area contributed by atoms with Crippen LogP contribution in [0.3, 0.4) is 0 Å². The van der Waals surface area contributed by atoms with Crippen LogP contribution in [0.1, 0.15) is 5.82 Å². The zero-order valence-corrected chi connectivity index (χ0v) is 11.1. The van der Waals surface area contributed by atoms with Gasteiger partial charge in [-0.2, -0.15) is 4.68 Å². The third-order valence-electron chi connectivity index (χ3n) is 2.69. The molecule has 6 nitrogen and oxygen atoms in total. The molecule has 0 saturated carbocycles. The van der Waals surface area contributed by atoms with Gasteiger partial charge in [0.05, 0.1) is 12.8 Å². The van der Waals surface area contributed by atoms with Gasteiger partial charge < -0.3 is 4.74 Å². The van der Waals surface area contributed by atoms with Crippen LogP contribution in [0.5, 0.6) is 5.75 Å². The highest BCUT2D eigenvalue weighted by atomic mass is 35.5. The average Bonchev–Trinajstić information content (AvgIpc) is 2.83. The molecule has 96 valence electrons. The van der Waals surface area contributed by atoms with Crippen molar-refractivity contribution in [2.75, 3.05) is 7.11 Å². The van der Waals surface area contributed by atoms with Gasteiger partial charge in [0.25, 0.3) is 0 Å². The van der Waals surface area contributed by atoms with E-state index < -0.39 is 0 Å². The number of hydrogen-bond acceptors (Lipinski definition) is 5. The minimum atomic E-state index is 0.308. The van der Waals surface area contributed by atoms with Crippen LogP contribution in [0, 0.1) is 6.92 Å². The van der Waals surface area contributed by atoms with E-state index in [0.717, 1.165) is 11.4 Å². The summed E-state index contributed by atoms with van der Waals surface area (Å²) >= 11 is 6.02. The van der Waals surface area contributed by atoms with Crippen LogP contribution in [0.15, 0.2) is 24.3 Å². The molecule has 0 fully saturated rings. The fourth-order valence-corrected chi connectivity index (χ4v) is 2.03. The third-order valence-corrected chi connectivity index (χ3v) is 2.95. The fourth-order valence-electron chi connectivity index (χ4n) is 1.78. The molecule has 0 atom stereocenters. The van der Waals surface area contributed by atoms with Crippen molar-refractivity contribution >= 4 is 22.8 Å². The van der Waals surface area contributed by atoms with Crippen molar-refractivity contribution in [2.45, 2.75) is 6.92 Å². The normalized spacial score (nSPS) is 10.9. The van der Waals surface area contributed by atoms with Crippen LogP contribution in [0.2, 0.25) is 5.15 Å². The lowest BCUT2D eigenvalue weighted by atomic mass is 10.3. The van der Waals surface area contributed by atoms with Crippen LogP contribution in [-0.4, -0.2) is 32.1 Å². The highest BCUT2D eigenvalue weighted by molar-refractivity contribution is 6.33. The maximum Gasteiger partial charge on any atom is 0.188 e. The summed E-state index contributed by atoms with van der Waals surface area (Å²) in [6.45, 7) is 1.77. The van der Waals surface area contributed by atoms with E-state index in [-0.39, 0.29) is 0 Å². The van der Waals surface area contributed by atoms with Crippen molar-refractivity contribution in [3.8, 4) is 11.4 Å². The largest absolute Gasteiger partial charge is 0.497 e. The second-order valence-electron chi connectivity index (χ2n) is 3.93. The van der Waals surface area contributed by atoms with E-state index in [1.807, 2.05) is 24.3 Å². The Bertz CT molecular complexity index is 738. The molecule has 0 aliphatic heterocycles. The van der Waals surface area contributed by atoms with Crippen LogP contribution in [-0.2, 0) is 0 Å². The molecule has 7 heteroatoms. The summed E-state index contributed by atoms with van der Waals surface area (Å²) in [4.78, 5) is 8.38. The van der Waals surface area contributed by atoms with Crippen molar-refractivity contribution in [1.29, 1.82) is 0 Å². The lowest BCUT2D eigenvalue weighted by molar-refractivity contribution is 0.414. The topological polar surface area (TPSA) is 65.7 Å². The van der Waals surface area contributed by atoms with Gasteiger partial charge in [0, 0.05) is 0 Å². The highest BCUT2D eigenvalue weighted by Gasteiger charge is 2.13. The molecule has 0 aliphatic rings. The number of hydrogen-bond donors (Lipinski definition) is 0. The minimum absolute atomic E-state index is 0.308. The molecule has 0 aliphatic carbocycles. The quantitative estimate of drug-likeness (QED) is 0.671. The van der Waals surface area contributed by atoms with Gasteiger partial charge in [-0.25, -0.2) is 9.97 Å². The van der Waals surface area contributed by atoms with Crippen molar-refractivity contribution in [3.05, 3.63) is 35.2 Å². The zero-order chi connectivity index (χ0) is 13.4. The minimum Gasteiger partial charge on any atom is -0.497 e. The molecular weight excluding hydrogens is 266 g/mol. The molecule has 0 spiro atoms. The number of benzene rings is 1. The lowest BCUT2D eigenvalue weighted by Crippen LogP contribution is -1.99. The Morgan fingerprint density at radius 1 is 1.16 bits per heavy atom. The van der Waals surface area contributed by atoms with Gasteiger partial charge in [0.1, 0.15) is 11.6 Å². The van der Waals surface area contributed by atoms with E-state index in [4.69, 9.17) is 16.3 Å². The van der Waals surface area contributed by atoms with E-state index in [2.05, 4.69) is 20.3 Å². The summed E-state index contributed by atoms with van der Waals surface area (Å²) in [5, 5.41) is 8.37. The van der Waals surface area contributed by atoms with Crippen molar-refractivity contribution in [1.82, 2.24) is 25.0 Å². The Morgan fingerprint density at radius 3 is 2.58 bits per heavy atom. The molecule has 0 bridgehead atoms. The summed E-state index contributed by atoms with van der Waals surface area (Å²) in [7, 11) is 1.62. The first-order valence-electron chi connectivity index (χ1n) is 5.59. The number of halogens is 1. The number of aromatic nitrogens is 5. The van der Waals surface area contributed by atoms with Gasteiger partial charge in [0.15, 0.2) is 16.3 Å². The Labute approximate surface area is 114 Å². The fraction of sp³-hybridized carbons (Fsp3) is 0.167. The summed E-state index contributed by atoms with van der Waals surface area (Å²) in [6.07, 6.45) is 0. The van der Waals surface area contributed by atoms with Crippen molar-refractivity contribution in [3.63, 3.8) is 0 Å². The summed E-state index contributed by atoms with van der Waals surface area (Å²) in [6, 6.07) is 7.44. The monoisotopic (exact) mass is 275 g/mol. The Morgan fingerprint density at radius 2 is 1.89 bits per heavy atom. The highest BCUT2D eigenvalue weighted by Crippen LogP contribution is 2.21. The van der Waals surface area contributed by atoms with E-state index in [9.17, 15) is 0 Å². The molecule has 0 amide bonds. The first kappa shape index (κ1) is 11.9. The number of ether oxygens (including phenoxy) is 1. The Hall–Kier alpha value is -2.21. The average molecular weight is 276 g/mol. The number of nitrogens with zero attached hydrogens (tertiary/aromatic N) is 5. The maximum absolute atomic E-state index is 6.02. The molecule has 3 rings (SSSR count). The summed E-state index contributed by atoms with van der Waals surface area (Å²) < 4.78 is 6.74. The van der Waals surface area contributed by atoms with Crippen molar-refractivity contribution < 1.29 is 4.74 Å². The number of fused-ring (bicyclic) bond motifs is 1. The maximum atomic E-state index is 6.02. The third kappa shape index (κ3) is 2.00. The number of rotatable bonds is 2. The number of methoxy groups -OCH3 is 1. The smallest absolute Gasteiger partial charge is 0.188 e. The zero-order valence-electron chi connectivity index (χ0n) is 10.3. The molecule has 0 radical (unpaired) electrons. The van der Waals surface area contributed by atoms with Crippen LogP contribution in [0.4, 0.5) is 0 Å². The van der Waals surface area contributed by atoms with E-state index in [1.54, 1.807) is 18.7 Å². The van der Waals surface area contributed by atoms with Gasteiger partial charge in [-0.15, -0.1) is 5.10 Å². The molecule has 2 heterocycles. The summed E-state index contributed by atoms with van der Waals surface area (Å²) in [5.74, 6) is 1.35. The predicted octanol–water partition coefficient (Wildman–Crippen LogP) is 2.18. The van der Waals surface area contributed by atoms with E-state index in [0.29, 0.717) is 22.1 Å². The van der Waals surface area contributed by atoms with Gasteiger partial charge >= 0.3 is 0 Å². The summed E-state index contributed by atoms with van der Waals surface area (Å²) in [5.41, 5.74) is 1.91. The molecule has 19 heavy (non-hydrogen) atoms. The van der Waals surface area contributed by atoms with Crippen LogP contribution in [0.25, 0.3) is 16.9 Å². The molecule has 0 N–H and O–H groups in total. The second kappa shape index (κ2) is 4.47. The van der Waals surface area contributed by atoms with Crippen LogP contribution >= 0.6 is 11.6 Å². The molecule has 0 unspecified atom stereocenters. The first-order chi connectivity index (χ1) is 9.19. The van der Waals surface area contributed by atoms with Gasteiger partial charge in [0.2, 0.25) is 0 Å². The molecular formula is C12H10ClN5O. The Kier molecular flexibility index (Phi) is 2.79. The molecule has 1 aromatic carbocycles. The molecule has 0 saturated heterocycles. The standard InChI is InChI=1S/C12H10ClN5O/c1-7-14-11(13)10-12(15-7)18(17-16-10)8-3-5-9(19-2)6-4-8/h3-6H,1-2H3. The predicted molar refractivity (Wildman–Crippen MR) is 70.8 cm³/mol. The van der Waals surface area contributed by atoms with E-state index >= 15 is 0 Å². The number of aryl methyl sites for hydroxylation is 1. The first-order valence-corrected chi connectivity index (χ1v) is 5.97. The molecule has 2 aromatic heterocycles. The van der Waals surface area contributed by atoms with Gasteiger partial charge in [-0.05, 0) is 31.2 Å². The Balaban J connectivity index is 2.19. The van der Waals surface area contributed by atoms with E-state index in [1.165, 1.54) is 0 Å². The molecule has 3 aromatic rings. The van der Waals surface area contributed by atoms with Crippen molar-refractivity contribution in [2.24, 2.45) is 0 Å². The SMILES string of the molecule is COc1ccc(-n2nnc3c(Cl)nc(C)nc32)cc1. The second-order valence-corrected chi connectivity index (χ2v) is 4.29. The lowest BCUT2D eigenvalue weighted by Gasteiger charge is -2.03. The van der Waals surface area contributed by atoms with Gasteiger partial charge in [-0.1, -0.05) is 16.8 Å².